The quantitative estimate of drug-likeness (QED) is 0.141. The maximum atomic E-state index is 4.16. The minimum atomic E-state index is 1.03. The summed E-state index contributed by atoms with van der Waals surface area (Å²) < 4.78 is 2.38. The monoisotopic (exact) mass is 812 g/mol. The van der Waals surface area contributed by atoms with Crippen LogP contribution in [0, 0.1) is 0 Å². The average molecular weight is 813 g/mol. The van der Waals surface area contributed by atoms with Gasteiger partial charge in [-0.1, -0.05) is 158 Å². The van der Waals surface area contributed by atoms with Gasteiger partial charge in [0.05, 0.1) is 16.7 Å². The van der Waals surface area contributed by atoms with Crippen LogP contribution in [-0.4, -0.2) is 4.57 Å². The average Bonchev–Trinajstić information content (AvgIpc) is 3.88. The third kappa shape index (κ3) is 6.41. The number of nitrogens with zero attached hydrogens (tertiary/aromatic N) is 2. The van der Waals surface area contributed by atoms with E-state index in [9.17, 15) is 0 Å². The van der Waals surface area contributed by atoms with Crippen molar-refractivity contribution in [2.75, 3.05) is 4.90 Å². The topological polar surface area (TPSA) is 8.17 Å². The highest BCUT2D eigenvalue weighted by molar-refractivity contribution is 7.14. The van der Waals surface area contributed by atoms with E-state index < -0.39 is 0 Å². The van der Waals surface area contributed by atoms with Crippen LogP contribution < -0.4 is 4.90 Å². The van der Waals surface area contributed by atoms with Crippen molar-refractivity contribution >= 4 is 78.7 Å². The molecular formula is C59H44N2S. The van der Waals surface area contributed by atoms with Gasteiger partial charge in [0.2, 0.25) is 0 Å². The fraction of sp³-hybridized carbons (Fsp3) is 0.0508. The Hall–Kier alpha value is -7.46. The predicted molar refractivity (Wildman–Crippen MR) is 268 cm³/mol. The fourth-order valence-corrected chi connectivity index (χ4v) is 10.8. The molecule has 1 aliphatic carbocycles. The number of allylic oxidation sites excluding steroid dienone is 2. The minimum Gasteiger partial charge on any atom is -0.310 e. The van der Waals surface area contributed by atoms with Gasteiger partial charge in [0.25, 0.3) is 0 Å². The van der Waals surface area contributed by atoms with Gasteiger partial charge >= 0.3 is 0 Å². The molecule has 0 saturated heterocycles. The van der Waals surface area contributed by atoms with E-state index in [0.29, 0.717) is 0 Å². The van der Waals surface area contributed by atoms with E-state index in [1.54, 1.807) is 0 Å². The van der Waals surface area contributed by atoms with E-state index in [2.05, 4.69) is 229 Å². The first kappa shape index (κ1) is 37.5. The van der Waals surface area contributed by atoms with Crippen molar-refractivity contribution in [2.24, 2.45) is 0 Å². The lowest BCUT2D eigenvalue weighted by Gasteiger charge is -2.28. The van der Waals surface area contributed by atoms with Crippen LogP contribution in [0.2, 0.25) is 0 Å². The largest absolute Gasteiger partial charge is 0.310 e. The van der Waals surface area contributed by atoms with Crippen LogP contribution in [0.4, 0.5) is 17.1 Å². The third-order valence-electron chi connectivity index (χ3n) is 12.4. The first-order chi connectivity index (χ1) is 30.7. The first-order valence-corrected chi connectivity index (χ1v) is 22.3. The first-order valence-electron chi connectivity index (χ1n) is 21.5. The lowest BCUT2D eigenvalue weighted by atomic mass is 9.90. The van der Waals surface area contributed by atoms with Gasteiger partial charge in [-0.2, -0.15) is 0 Å². The molecule has 0 aliphatic heterocycles. The number of thiophene rings is 1. The van der Waals surface area contributed by atoms with Gasteiger partial charge in [-0.25, -0.2) is 0 Å². The van der Waals surface area contributed by atoms with E-state index in [0.717, 1.165) is 29.9 Å². The van der Waals surface area contributed by atoms with Gasteiger partial charge in [0.1, 0.15) is 0 Å². The number of para-hydroxylation sites is 2. The standard InChI is InChI=1S/C59H44N2S/c1-3-16-52-53-25-15-24-48(59(53)62-58(52)4-2)42-29-34-46(35-30-42)60(45-32-27-41(28-33-45)40-17-7-5-8-18-40)56-38-36-47(49-21-11-12-22-50(49)56)43-31-37-57-54(39-43)51-23-13-14-26-55(51)61(57)44-19-9-6-10-20-44/h3-14,16-24,26-39H,2,15,25H2,1H3/b16-3-. The number of hydrogen-bond acceptors (Lipinski definition) is 2. The van der Waals surface area contributed by atoms with Crippen LogP contribution >= 0.6 is 11.3 Å². The molecule has 10 aromatic rings. The molecule has 296 valence electrons. The summed E-state index contributed by atoms with van der Waals surface area (Å²) >= 11 is 1.86. The predicted octanol–water partition coefficient (Wildman–Crippen LogP) is 16.9. The minimum absolute atomic E-state index is 1.03. The molecule has 0 radical (unpaired) electrons. The molecule has 0 N–H and O–H groups in total. The normalized spacial score (nSPS) is 12.6. The smallest absolute Gasteiger partial charge is 0.0541 e. The molecule has 2 nitrogen and oxygen atoms in total. The van der Waals surface area contributed by atoms with Crippen molar-refractivity contribution in [3.8, 4) is 27.9 Å². The molecule has 8 aromatic carbocycles. The summed E-state index contributed by atoms with van der Waals surface area (Å²) in [6.07, 6.45) is 10.9. The number of anilines is 3. The molecule has 0 amide bonds. The summed E-state index contributed by atoms with van der Waals surface area (Å²) in [6, 6.07) is 68.8. The number of aromatic nitrogens is 1. The fourth-order valence-electron chi connectivity index (χ4n) is 9.54. The number of hydrogen-bond donors (Lipinski definition) is 0. The Morgan fingerprint density at radius 2 is 1.18 bits per heavy atom. The van der Waals surface area contributed by atoms with Gasteiger partial charge < -0.3 is 9.47 Å². The zero-order valence-corrected chi connectivity index (χ0v) is 35.4. The SMILES string of the molecule is C=Cc1sc2c(c1/C=C\C)CCC=C2c1ccc(N(c2ccc(-c3ccccc3)cc2)c2ccc(-c3ccc4c(c3)c3ccccc3n4-c3ccccc3)c3ccccc23)cc1. The van der Waals surface area contributed by atoms with Crippen LogP contribution in [0.15, 0.2) is 207 Å². The van der Waals surface area contributed by atoms with Gasteiger partial charge in [-0.15, -0.1) is 11.3 Å². The highest BCUT2D eigenvalue weighted by Crippen LogP contribution is 2.46. The van der Waals surface area contributed by atoms with Crippen LogP contribution in [0.1, 0.15) is 39.8 Å². The highest BCUT2D eigenvalue weighted by atomic mass is 32.1. The van der Waals surface area contributed by atoms with E-state index in [1.807, 2.05) is 17.4 Å². The zero-order chi connectivity index (χ0) is 41.6. The Morgan fingerprint density at radius 3 is 1.90 bits per heavy atom. The number of rotatable bonds is 9. The van der Waals surface area contributed by atoms with Gasteiger partial charge in [-0.05, 0) is 130 Å². The van der Waals surface area contributed by atoms with Gasteiger partial charge in [-0.3, -0.25) is 0 Å². The van der Waals surface area contributed by atoms with E-state index in [-0.39, 0.29) is 0 Å². The molecule has 2 heterocycles. The molecule has 0 fully saturated rings. The molecule has 0 saturated carbocycles. The second-order valence-corrected chi connectivity index (χ2v) is 17.0. The molecule has 3 heteroatoms. The van der Waals surface area contributed by atoms with Gasteiger partial charge in [0, 0.05) is 43.0 Å². The number of fused-ring (bicyclic) bond motifs is 5. The lowest BCUT2D eigenvalue weighted by molar-refractivity contribution is 0.985. The summed E-state index contributed by atoms with van der Waals surface area (Å²) in [5.41, 5.74) is 17.1. The van der Waals surface area contributed by atoms with Crippen LogP contribution in [0.3, 0.4) is 0 Å². The summed E-state index contributed by atoms with van der Waals surface area (Å²) in [7, 11) is 0. The molecule has 2 aromatic heterocycles. The van der Waals surface area contributed by atoms with Crippen molar-refractivity contribution in [2.45, 2.75) is 19.8 Å². The maximum Gasteiger partial charge on any atom is 0.0541 e. The Morgan fingerprint density at radius 1 is 0.565 bits per heavy atom. The molecule has 62 heavy (non-hydrogen) atoms. The molecule has 0 atom stereocenters. The second kappa shape index (κ2) is 15.9. The highest BCUT2D eigenvalue weighted by Gasteiger charge is 2.23. The molecule has 0 spiro atoms. The van der Waals surface area contributed by atoms with E-state index >= 15 is 0 Å². The van der Waals surface area contributed by atoms with Crippen molar-refractivity contribution < 1.29 is 0 Å². The maximum absolute atomic E-state index is 4.16. The Balaban J connectivity index is 1.04. The zero-order valence-electron chi connectivity index (χ0n) is 34.6. The van der Waals surface area contributed by atoms with Crippen molar-refractivity contribution in [1.82, 2.24) is 4.57 Å². The number of benzene rings is 8. The summed E-state index contributed by atoms with van der Waals surface area (Å²) in [6.45, 7) is 6.25. The summed E-state index contributed by atoms with van der Waals surface area (Å²) in [4.78, 5) is 5.04. The van der Waals surface area contributed by atoms with Crippen LogP contribution in [-0.2, 0) is 6.42 Å². The van der Waals surface area contributed by atoms with E-state index in [1.165, 1.54) is 92.5 Å². The summed E-state index contributed by atoms with van der Waals surface area (Å²) in [5.74, 6) is 0. The Labute approximate surface area is 367 Å². The van der Waals surface area contributed by atoms with Crippen molar-refractivity contribution in [1.29, 1.82) is 0 Å². The molecule has 1 aliphatic rings. The van der Waals surface area contributed by atoms with Crippen LogP contribution in [0.5, 0.6) is 0 Å². The Bertz CT molecular complexity index is 3350. The molecule has 0 bridgehead atoms. The third-order valence-corrected chi connectivity index (χ3v) is 13.7. The molecular weight excluding hydrogens is 769 g/mol. The molecule has 11 rings (SSSR count). The lowest BCUT2D eigenvalue weighted by Crippen LogP contribution is -2.11. The van der Waals surface area contributed by atoms with Crippen molar-refractivity contribution in [3.63, 3.8) is 0 Å². The van der Waals surface area contributed by atoms with Gasteiger partial charge in [0.15, 0.2) is 0 Å². The van der Waals surface area contributed by atoms with Crippen LogP contribution in [0.25, 0.3) is 78.2 Å². The molecule has 0 unspecified atom stereocenters. The summed E-state index contributed by atoms with van der Waals surface area (Å²) in [5, 5.41) is 4.91. The van der Waals surface area contributed by atoms with Crippen molar-refractivity contribution in [3.05, 3.63) is 233 Å². The van der Waals surface area contributed by atoms with E-state index in [4.69, 9.17) is 0 Å². The Kier molecular flexibility index (Phi) is 9.60. The second-order valence-electron chi connectivity index (χ2n) is 15.9.